The SMILES string of the molecule is O=C1CC(C(=O)NCc2ccc(N3CCOCC3)nc2)c2ccc(F)cc2N1. The molecular formula is C20H21FN4O3. The summed E-state index contributed by atoms with van der Waals surface area (Å²) in [6.07, 6.45) is 1.78. The number of nitrogens with one attached hydrogen (secondary N) is 2. The van der Waals surface area contributed by atoms with E-state index in [0.29, 0.717) is 31.0 Å². The zero-order valence-corrected chi connectivity index (χ0v) is 15.3. The molecule has 146 valence electrons. The van der Waals surface area contributed by atoms with Crippen molar-refractivity contribution in [2.75, 3.05) is 36.5 Å². The number of aromatic nitrogens is 1. The first-order chi connectivity index (χ1) is 13.6. The van der Waals surface area contributed by atoms with E-state index in [2.05, 4.69) is 20.5 Å². The van der Waals surface area contributed by atoms with Crippen molar-refractivity contribution in [2.24, 2.45) is 0 Å². The first-order valence-electron chi connectivity index (χ1n) is 9.25. The summed E-state index contributed by atoms with van der Waals surface area (Å²) in [5.74, 6) is -0.760. The van der Waals surface area contributed by atoms with Crippen LogP contribution in [0.1, 0.15) is 23.5 Å². The summed E-state index contributed by atoms with van der Waals surface area (Å²) in [7, 11) is 0. The topological polar surface area (TPSA) is 83.6 Å². The Bertz CT molecular complexity index is 882. The Kier molecular flexibility index (Phi) is 5.21. The van der Waals surface area contributed by atoms with Crippen molar-refractivity contribution in [2.45, 2.75) is 18.9 Å². The second-order valence-corrected chi connectivity index (χ2v) is 6.88. The Balaban J connectivity index is 1.40. The summed E-state index contributed by atoms with van der Waals surface area (Å²) in [4.78, 5) is 31.1. The third-order valence-corrected chi connectivity index (χ3v) is 4.98. The smallest absolute Gasteiger partial charge is 0.228 e. The Labute approximate surface area is 161 Å². The van der Waals surface area contributed by atoms with Gasteiger partial charge in [0.25, 0.3) is 0 Å². The second-order valence-electron chi connectivity index (χ2n) is 6.88. The van der Waals surface area contributed by atoms with E-state index in [-0.39, 0.29) is 18.2 Å². The molecule has 2 aromatic rings. The van der Waals surface area contributed by atoms with Gasteiger partial charge in [0.2, 0.25) is 11.8 Å². The van der Waals surface area contributed by atoms with E-state index in [1.54, 1.807) is 12.3 Å². The van der Waals surface area contributed by atoms with E-state index in [0.717, 1.165) is 24.5 Å². The van der Waals surface area contributed by atoms with Crippen molar-refractivity contribution in [3.8, 4) is 0 Å². The van der Waals surface area contributed by atoms with E-state index in [1.807, 2.05) is 12.1 Å². The summed E-state index contributed by atoms with van der Waals surface area (Å²) >= 11 is 0. The minimum atomic E-state index is -0.634. The molecule has 1 fully saturated rings. The maximum atomic E-state index is 13.4. The monoisotopic (exact) mass is 384 g/mol. The molecule has 1 aromatic carbocycles. The van der Waals surface area contributed by atoms with Crippen molar-refractivity contribution in [3.05, 3.63) is 53.5 Å². The predicted molar refractivity (Wildman–Crippen MR) is 102 cm³/mol. The largest absolute Gasteiger partial charge is 0.378 e. The summed E-state index contributed by atoms with van der Waals surface area (Å²) in [6, 6.07) is 7.94. The number of anilines is 2. The molecule has 0 radical (unpaired) electrons. The van der Waals surface area contributed by atoms with Crippen LogP contribution in [-0.4, -0.2) is 43.1 Å². The lowest BCUT2D eigenvalue weighted by Crippen LogP contribution is -2.36. The molecule has 0 saturated carbocycles. The number of fused-ring (bicyclic) bond motifs is 1. The predicted octanol–water partition coefficient (Wildman–Crippen LogP) is 1.80. The number of halogens is 1. The van der Waals surface area contributed by atoms with E-state index in [9.17, 15) is 14.0 Å². The van der Waals surface area contributed by atoms with Crippen molar-refractivity contribution < 1.29 is 18.7 Å². The number of ether oxygens (including phenoxy) is 1. The zero-order valence-electron chi connectivity index (χ0n) is 15.3. The maximum Gasteiger partial charge on any atom is 0.228 e. The lowest BCUT2D eigenvalue weighted by Gasteiger charge is -2.27. The van der Waals surface area contributed by atoms with E-state index < -0.39 is 11.7 Å². The summed E-state index contributed by atoms with van der Waals surface area (Å²) < 4.78 is 18.8. The molecule has 2 aliphatic rings. The first-order valence-corrected chi connectivity index (χ1v) is 9.25. The molecule has 0 bridgehead atoms. The van der Waals surface area contributed by atoms with Gasteiger partial charge in [0, 0.05) is 37.9 Å². The number of carbonyl (C=O) groups excluding carboxylic acids is 2. The van der Waals surface area contributed by atoms with Crippen molar-refractivity contribution >= 4 is 23.3 Å². The van der Waals surface area contributed by atoms with Gasteiger partial charge in [-0.1, -0.05) is 12.1 Å². The van der Waals surface area contributed by atoms with E-state index >= 15 is 0 Å². The zero-order chi connectivity index (χ0) is 19.5. The van der Waals surface area contributed by atoms with Gasteiger partial charge in [-0.15, -0.1) is 0 Å². The van der Waals surface area contributed by atoms with Crippen LogP contribution in [0.2, 0.25) is 0 Å². The van der Waals surface area contributed by atoms with Crippen molar-refractivity contribution in [3.63, 3.8) is 0 Å². The van der Waals surface area contributed by atoms with Gasteiger partial charge in [-0.25, -0.2) is 9.37 Å². The fraction of sp³-hybridized carbons (Fsp3) is 0.350. The van der Waals surface area contributed by atoms with Crippen molar-refractivity contribution in [1.82, 2.24) is 10.3 Å². The van der Waals surface area contributed by atoms with Crippen LogP contribution in [0.5, 0.6) is 0 Å². The van der Waals surface area contributed by atoms with Gasteiger partial charge in [0.15, 0.2) is 0 Å². The van der Waals surface area contributed by atoms with Crippen LogP contribution in [0.15, 0.2) is 36.5 Å². The lowest BCUT2D eigenvalue weighted by molar-refractivity contribution is -0.126. The Morgan fingerprint density at radius 2 is 2.11 bits per heavy atom. The minimum absolute atomic E-state index is 0.0404. The van der Waals surface area contributed by atoms with Crippen LogP contribution in [-0.2, 0) is 20.9 Å². The first kappa shape index (κ1) is 18.4. The number of nitrogens with zero attached hydrogens (tertiary/aromatic N) is 2. The van der Waals surface area contributed by atoms with Crippen LogP contribution in [0.25, 0.3) is 0 Å². The van der Waals surface area contributed by atoms with Crippen LogP contribution in [0.3, 0.4) is 0 Å². The number of pyridine rings is 1. The highest BCUT2D eigenvalue weighted by molar-refractivity contribution is 6.01. The molecule has 0 aliphatic carbocycles. The third kappa shape index (κ3) is 3.96. The van der Waals surface area contributed by atoms with Crippen LogP contribution in [0, 0.1) is 5.82 Å². The molecule has 28 heavy (non-hydrogen) atoms. The molecule has 2 N–H and O–H groups in total. The highest BCUT2D eigenvalue weighted by Crippen LogP contribution is 2.32. The number of rotatable bonds is 4. The quantitative estimate of drug-likeness (QED) is 0.840. The van der Waals surface area contributed by atoms with Gasteiger partial charge < -0.3 is 20.3 Å². The molecule has 2 amide bonds. The molecule has 1 saturated heterocycles. The molecule has 3 heterocycles. The number of carbonyl (C=O) groups is 2. The van der Waals surface area contributed by atoms with Gasteiger partial charge >= 0.3 is 0 Å². The highest BCUT2D eigenvalue weighted by atomic mass is 19.1. The van der Waals surface area contributed by atoms with Gasteiger partial charge in [-0.2, -0.15) is 0 Å². The summed E-state index contributed by atoms with van der Waals surface area (Å²) in [6.45, 7) is 3.32. The van der Waals surface area contributed by atoms with E-state index in [1.165, 1.54) is 12.1 Å². The van der Waals surface area contributed by atoms with Crippen LogP contribution in [0.4, 0.5) is 15.9 Å². The number of benzene rings is 1. The fourth-order valence-electron chi connectivity index (χ4n) is 3.48. The molecule has 7 nitrogen and oxygen atoms in total. The Hall–Kier alpha value is -3.00. The van der Waals surface area contributed by atoms with Crippen molar-refractivity contribution in [1.29, 1.82) is 0 Å². The summed E-state index contributed by atoms with van der Waals surface area (Å²) in [5, 5.41) is 5.47. The molecule has 1 aromatic heterocycles. The molecule has 4 rings (SSSR count). The number of hydrogen-bond acceptors (Lipinski definition) is 5. The molecule has 8 heteroatoms. The molecule has 2 aliphatic heterocycles. The number of hydrogen-bond donors (Lipinski definition) is 2. The standard InChI is InChI=1S/C20H21FN4O3/c21-14-2-3-15-16(10-19(26)24-17(15)9-14)20(27)23-12-13-1-4-18(22-11-13)25-5-7-28-8-6-25/h1-4,9,11,16H,5-8,10,12H2,(H,23,27)(H,24,26). The average molecular weight is 384 g/mol. The van der Waals surface area contributed by atoms with Crippen LogP contribution >= 0.6 is 0 Å². The summed E-state index contributed by atoms with van der Waals surface area (Å²) in [5.41, 5.74) is 1.84. The van der Waals surface area contributed by atoms with Gasteiger partial charge in [-0.05, 0) is 29.3 Å². The average Bonchev–Trinajstić information content (AvgIpc) is 2.72. The highest BCUT2D eigenvalue weighted by Gasteiger charge is 2.30. The number of amides is 2. The van der Waals surface area contributed by atoms with Gasteiger partial charge in [0.1, 0.15) is 11.6 Å². The van der Waals surface area contributed by atoms with Gasteiger partial charge in [-0.3, -0.25) is 9.59 Å². The fourth-order valence-corrected chi connectivity index (χ4v) is 3.48. The molecule has 0 spiro atoms. The molecule has 1 unspecified atom stereocenters. The molecule has 1 atom stereocenters. The second kappa shape index (κ2) is 7.93. The Morgan fingerprint density at radius 1 is 1.29 bits per heavy atom. The normalized spacial score (nSPS) is 19.0. The Morgan fingerprint density at radius 3 is 2.86 bits per heavy atom. The lowest BCUT2D eigenvalue weighted by atomic mass is 9.89. The van der Waals surface area contributed by atoms with E-state index in [4.69, 9.17) is 4.74 Å². The minimum Gasteiger partial charge on any atom is -0.378 e. The maximum absolute atomic E-state index is 13.4. The van der Waals surface area contributed by atoms with Gasteiger partial charge in [0.05, 0.1) is 19.1 Å². The third-order valence-electron chi connectivity index (χ3n) is 4.98. The molecular weight excluding hydrogens is 363 g/mol. The number of morpholine rings is 1. The van der Waals surface area contributed by atoms with Crippen LogP contribution < -0.4 is 15.5 Å².